The lowest BCUT2D eigenvalue weighted by atomic mass is 9.82. The van der Waals surface area contributed by atoms with Crippen molar-refractivity contribution in [1.29, 1.82) is 0 Å². The lowest BCUT2D eigenvalue weighted by molar-refractivity contribution is 0.0786. The van der Waals surface area contributed by atoms with Gasteiger partial charge in [-0.1, -0.05) is 20.8 Å². The first-order valence-electron chi connectivity index (χ1n) is 5.28. The maximum absolute atomic E-state index is 5.47. The van der Waals surface area contributed by atoms with Crippen molar-refractivity contribution in [2.75, 3.05) is 6.61 Å². The minimum Gasteiger partial charge on any atom is -0.373 e. The van der Waals surface area contributed by atoms with E-state index in [1.807, 2.05) is 6.20 Å². The highest BCUT2D eigenvalue weighted by molar-refractivity contribution is 5.26. The number of fused-ring (bicyclic) bond motifs is 1. The molecule has 0 spiro atoms. The van der Waals surface area contributed by atoms with Crippen molar-refractivity contribution in [2.24, 2.45) is 0 Å². The Balaban J connectivity index is 2.39. The normalized spacial score (nSPS) is 16.8. The van der Waals surface area contributed by atoms with E-state index in [9.17, 15) is 0 Å². The predicted molar refractivity (Wildman–Crippen MR) is 55.2 cm³/mol. The van der Waals surface area contributed by atoms with E-state index in [1.54, 1.807) is 0 Å². The number of hydrogen-bond donors (Lipinski definition) is 0. The number of nitrogens with zero attached hydrogens (tertiary/aromatic N) is 2. The van der Waals surface area contributed by atoms with E-state index >= 15 is 0 Å². The third-order valence-electron chi connectivity index (χ3n) is 3.25. The first-order valence-corrected chi connectivity index (χ1v) is 5.28. The number of rotatable bonds is 2. The van der Waals surface area contributed by atoms with Crippen LogP contribution in [0.4, 0.5) is 0 Å². The van der Waals surface area contributed by atoms with Gasteiger partial charge in [-0.25, -0.2) is 0 Å². The minimum absolute atomic E-state index is 0.217. The summed E-state index contributed by atoms with van der Waals surface area (Å²) < 4.78 is 7.55. The Labute approximate surface area is 85.1 Å². The minimum atomic E-state index is 0.217. The molecule has 0 saturated carbocycles. The topological polar surface area (TPSA) is 27.1 Å². The zero-order valence-corrected chi connectivity index (χ0v) is 9.21. The van der Waals surface area contributed by atoms with Crippen LogP contribution in [0.1, 0.15) is 38.4 Å². The molecule has 0 N–H and O–H groups in total. The van der Waals surface area contributed by atoms with Gasteiger partial charge in [-0.05, 0) is 11.8 Å². The molecule has 1 aliphatic heterocycles. The molecule has 0 saturated heterocycles. The van der Waals surface area contributed by atoms with Crippen molar-refractivity contribution < 1.29 is 4.74 Å². The molecule has 0 atom stereocenters. The highest BCUT2D eigenvalue weighted by Crippen LogP contribution is 2.30. The summed E-state index contributed by atoms with van der Waals surface area (Å²) in [6, 6.07) is 0. The standard InChI is InChI=1S/C11H18N2O/c1-4-11(2,3)9-7-12-13-5-6-14-8-10(9)13/h7H,4-6,8H2,1-3H3. The van der Waals surface area contributed by atoms with Crippen LogP contribution in [0, 0.1) is 0 Å². The van der Waals surface area contributed by atoms with E-state index in [-0.39, 0.29) is 5.41 Å². The van der Waals surface area contributed by atoms with Crippen molar-refractivity contribution in [2.45, 2.75) is 45.8 Å². The molecule has 0 fully saturated rings. The van der Waals surface area contributed by atoms with Crippen LogP contribution in [0.15, 0.2) is 6.20 Å². The average Bonchev–Trinajstić information content (AvgIpc) is 2.61. The van der Waals surface area contributed by atoms with Crippen LogP contribution < -0.4 is 0 Å². The van der Waals surface area contributed by atoms with E-state index in [0.717, 1.165) is 26.2 Å². The van der Waals surface area contributed by atoms with Crippen LogP contribution in [0.5, 0.6) is 0 Å². The van der Waals surface area contributed by atoms with Crippen LogP contribution in [0.2, 0.25) is 0 Å². The monoisotopic (exact) mass is 194 g/mol. The first-order chi connectivity index (χ1) is 6.65. The van der Waals surface area contributed by atoms with Gasteiger partial charge in [0.05, 0.1) is 31.6 Å². The third kappa shape index (κ3) is 1.46. The fraction of sp³-hybridized carbons (Fsp3) is 0.727. The van der Waals surface area contributed by atoms with Crippen molar-refractivity contribution in [3.63, 3.8) is 0 Å². The molecule has 1 aromatic heterocycles. The summed E-state index contributed by atoms with van der Waals surface area (Å²) >= 11 is 0. The van der Waals surface area contributed by atoms with E-state index in [4.69, 9.17) is 4.74 Å². The van der Waals surface area contributed by atoms with Crippen molar-refractivity contribution in [1.82, 2.24) is 9.78 Å². The highest BCUT2D eigenvalue weighted by Gasteiger charge is 2.26. The van der Waals surface area contributed by atoms with Gasteiger partial charge in [0.1, 0.15) is 0 Å². The molecule has 0 aliphatic carbocycles. The predicted octanol–water partition coefficient (Wildman–Crippen LogP) is 2.10. The molecule has 0 aromatic carbocycles. The van der Waals surface area contributed by atoms with Gasteiger partial charge >= 0.3 is 0 Å². The zero-order valence-electron chi connectivity index (χ0n) is 9.21. The van der Waals surface area contributed by atoms with Crippen LogP contribution in [-0.4, -0.2) is 16.4 Å². The Hall–Kier alpha value is -0.830. The third-order valence-corrected chi connectivity index (χ3v) is 3.25. The SMILES string of the molecule is CCC(C)(C)c1cnn2c1COCC2. The summed E-state index contributed by atoms with van der Waals surface area (Å²) in [4.78, 5) is 0. The van der Waals surface area contributed by atoms with E-state index in [1.165, 1.54) is 11.3 Å². The van der Waals surface area contributed by atoms with Gasteiger partial charge in [0.25, 0.3) is 0 Å². The number of ether oxygens (including phenoxy) is 1. The summed E-state index contributed by atoms with van der Waals surface area (Å²) in [6.45, 7) is 9.15. The second-order valence-electron chi connectivity index (χ2n) is 4.52. The van der Waals surface area contributed by atoms with Crippen molar-refractivity contribution >= 4 is 0 Å². The molecule has 2 rings (SSSR count). The largest absolute Gasteiger partial charge is 0.373 e. The van der Waals surface area contributed by atoms with Crippen LogP contribution in [-0.2, 0) is 23.3 Å². The maximum Gasteiger partial charge on any atom is 0.0888 e. The Kier molecular flexibility index (Phi) is 2.35. The summed E-state index contributed by atoms with van der Waals surface area (Å²) in [7, 11) is 0. The van der Waals surface area contributed by atoms with Gasteiger partial charge < -0.3 is 4.74 Å². The first kappa shape index (κ1) is 9.71. The molecular formula is C11H18N2O. The Bertz CT molecular complexity index is 328. The summed E-state index contributed by atoms with van der Waals surface area (Å²) in [5.74, 6) is 0. The molecule has 78 valence electrons. The fourth-order valence-electron chi connectivity index (χ4n) is 1.83. The molecule has 2 heterocycles. The number of hydrogen-bond acceptors (Lipinski definition) is 2. The second-order valence-corrected chi connectivity index (χ2v) is 4.52. The zero-order chi connectivity index (χ0) is 10.2. The number of aromatic nitrogens is 2. The smallest absolute Gasteiger partial charge is 0.0888 e. The quantitative estimate of drug-likeness (QED) is 0.721. The maximum atomic E-state index is 5.47. The van der Waals surface area contributed by atoms with E-state index in [0.29, 0.717) is 0 Å². The average molecular weight is 194 g/mol. The van der Waals surface area contributed by atoms with Crippen LogP contribution in [0.25, 0.3) is 0 Å². The van der Waals surface area contributed by atoms with Gasteiger partial charge in [-0.2, -0.15) is 5.10 Å². The summed E-state index contributed by atoms with van der Waals surface area (Å²) in [6.07, 6.45) is 3.14. The Morgan fingerprint density at radius 2 is 2.36 bits per heavy atom. The Morgan fingerprint density at radius 3 is 3.07 bits per heavy atom. The summed E-state index contributed by atoms with van der Waals surface area (Å²) in [5.41, 5.74) is 2.83. The van der Waals surface area contributed by atoms with Gasteiger partial charge in [0, 0.05) is 5.56 Å². The highest BCUT2D eigenvalue weighted by atomic mass is 16.5. The van der Waals surface area contributed by atoms with E-state index < -0.39 is 0 Å². The second kappa shape index (κ2) is 3.39. The molecule has 0 radical (unpaired) electrons. The lowest BCUT2D eigenvalue weighted by Gasteiger charge is -2.25. The molecule has 0 bridgehead atoms. The van der Waals surface area contributed by atoms with Crippen LogP contribution in [0.3, 0.4) is 0 Å². The molecule has 1 aromatic rings. The van der Waals surface area contributed by atoms with Crippen LogP contribution >= 0.6 is 0 Å². The molecular weight excluding hydrogens is 176 g/mol. The van der Waals surface area contributed by atoms with Gasteiger partial charge in [-0.15, -0.1) is 0 Å². The van der Waals surface area contributed by atoms with E-state index in [2.05, 4.69) is 30.6 Å². The molecule has 3 nitrogen and oxygen atoms in total. The van der Waals surface area contributed by atoms with Gasteiger partial charge in [-0.3, -0.25) is 4.68 Å². The van der Waals surface area contributed by atoms with Gasteiger partial charge in [0.2, 0.25) is 0 Å². The Morgan fingerprint density at radius 1 is 1.57 bits per heavy atom. The molecule has 0 unspecified atom stereocenters. The lowest BCUT2D eigenvalue weighted by Crippen LogP contribution is -2.22. The molecule has 14 heavy (non-hydrogen) atoms. The van der Waals surface area contributed by atoms with Crippen molar-refractivity contribution in [3.8, 4) is 0 Å². The van der Waals surface area contributed by atoms with Gasteiger partial charge in [0.15, 0.2) is 0 Å². The molecule has 3 heteroatoms. The van der Waals surface area contributed by atoms with Crippen molar-refractivity contribution in [3.05, 3.63) is 17.5 Å². The fourth-order valence-corrected chi connectivity index (χ4v) is 1.83. The molecule has 1 aliphatic rings. The summed E-state index contributed by atoms with van der Waals surface area (Å²) in [5, 5.41) is 4.41. The molecule has 0 amide bonds.